The minimum absolute atomic E-state index is 0.902. The van der Waals surface area contributed by atoms with Gasteiger partial charge in [0.15, 0.2) is 0 Å². The van der Waals surface area contributed by atoms with Crippen LogP contribution in [0.3, 0.4) is 0 Å². The molecule has 0 aliphatic carbocycles. The Morgan fingerprint density at radius 2 is 1.57 bits per heavy atom. The highest BCUT2D eigenvalue weighted by molar-refractivity contribution is 5.69. The molecule has 0 aliphatic rings. The summed E-state index contributed by atoms with van der Waals surface area (Å²) in [4.78, 5) is 0. The summed E-state index contributed by atoms with van der Waals surface area (Å²) in [5.41, 5.74) is 4.64. The van der Waals surface area contributed by atoms with Crippen molar-refractivity contribution >= 4 is 5.82 Å². The lowest BCUT2D eigenvalue weighted by molar-refractivity contribution is 0.961. The van der Waals surface area contributed by atoms with Crippen molar-refractivity contribution in [2.45, 2.75) is 13.3 Å². The average molecular weight is 277 g/mol. The second kappa shape index (κ2) is 6.27. The molecule has 0 radical (unpaired) electrons. The summed E-state index contributed by atoms with van der Waals surface area (Å²) in [5, 5.41) is 10.6. The fourth-order valence-corrected chi connectivity index (χ4v) is 2.29. The van der Waals surface area contributed by atoms with E-state index in [0.717, 1.165) is 30.0 Å². The number of aromatic amines is 1. The second-order valence-corrected chi connectivity index (χ2v) is 5.04. The van der Waals surface area contributed by atoms with Crippen molar-refractivity contribution in [3.8, 4) is 22.4 Å². The van der Waals surface area contributed by atoms with E-state index < -0.39 is 0 Å². The molecule has 0 saturated heterocycles. The van der Waals surface area contributed by atoms with Crippen molar-refractivity contribution in [2.24, 2.45) is 0 Å². The summed E-state index contributed by atoms with van der Waals surface area (Å²) in [5.74, 6) is 0.902. The van der Waals surface area contributed by atoms with E-state index >= 15 is 0 Å². The second-order valence-electron chi connectivity index (χ2n) is 5.04. The Bertz CT molecular complexity index is 684. The predicted octanol–water partition coefficient (Wildman–Crippen LogP) is 4.57. The molecular formula is C18H19N3. The lowest BCUT2D eigenvalue weighted by Crippen LogP contribution is -1.99. The van der Waals surface area contributed by atoms with E-state index in [-0.39, 0.29) is 0 Å². The van der Waals surface area contributed by atoms with Crippen LogP contribution >= 0.6 is 0 Å². The minimum Gasteiger partial charge on any atom is -0.369 e. The van der Waals surface area contributed by atoms with E-state index in [1.807, 2.05) is 12.1 Å². The highest BCUT2D eigenvalue weighted by atomic mass is 15.2. The largest absolute Gasteiger partial charge is 0.369 e. The molecule has 3 heteroatoms. The van der Waals surface area contributed by atoms with E-state index in [2.05, 4.69) is 71.0 Å². The topological polar surface area (TPSA) is 40.7 Å². The summed E-state index contributed by atoms with van der Waals surface area (Å²) in [6.45, 7) is 3.08. The van der Waals surface area contributed by atoms with E-state index in [1.54, 1.807) is 0 Å². The quantitative estimate of drug-likeness (QED) is 0.717. The van der Waals surface area contributed by atoms with Crippen LogP contribution in [0.5, 0.6) is 0 Å². The lowest BCUT2D eigenvalue weighted by atomic mass is 10.0. The van der Waals surface area contributed by atoms with Crippen LogP contribution in [0, 0.1) is 0 Å². The SMILES string of the molecule is CCCNc1cc(-c2ccc(-c3ccccc3)cc2)[nH]n1. The molecule has 2 N–H and O–H groups in total. The highest BCUT2D eigenvalue weighted by Gasteiger charge is 2.04. The van der Waals surface area contributed by atoms with Crippen molar-refractivity contribution in [2.75, 3.05) is 11.9 Å². The number of aromatic nitrogens is 2. The summed E-state index contributed by atoms with van der Waals surface area (Å²) < 4.78 is 0. The van der Waals surface area contributed by atoms with Crippen molar-refractivity contribution in [3.63, 3.8) is 0 Å². The Labute approximate surface area is 125 Å². The van der Waals surface area contributed by atoms with Gasteiger partial charge in [0.2, 0.25) is 0 Å². The zero-order valence-corrected chi connectivity index (χ0v) is 12.1. The molecule has 3 aromatic rings. The van der Waals surface area contributed by atoms with Crippen LogP contribution in [0.25, 0.3) is 22.4 Å². The van der Waals surface area contributed by atoms with Crippen LogP contribution in [0.1, 0.15) is 13.3 Å². The third-order valence-corrected chi connectivity index (χ3v) is 3.44. The number of rotatable bonds is 5. The van der Waals surface area contributed by atoms with Crippen LogP contribution in [0.4, 0.5) is 5.82 Å². The average Bonchev–Trinajstić information content (AvgIpc) is 3.03. The van der Waals surface area contributed by atoms with Gasteiger partial charge in [-0.1, -0.05) is 61.5 Å². The molecule has 0 unspecified atom stereocenters. The predicted molar refractivity (Wildman–Crippen MR) is 88.2 cm³/mol. The van der Waals surface area contributed by atoms with Crippen molar-refractivity contribution < 1.29 is 0 Å². The fraction of sp³-hybridized carbons (Fsp3) is 0.167. The molecule has 0 atom stereocenters. The van der Waals surface area contributed by atoms with E-state index in [0.29, 0.717) is 0 Å². The molecule has 0 bridgehead atoms. The van der Waals surface area contributed by atoms with E-state index in [4.69, 9.17) is 0 Å². The number of anilines is 1. The molecule has 106 valence electrons. The Balaban J connectivity index is 1.79. The molecule has 21 heavy (non-hydrogen) atoms. The summed E-state index contributed by atoms with van der Waals surface area (Å²) >= 11 is 0. The van der Waals surface area contributed by atoms with Gasteiger partial charge in [0.05, 0.1) is 5.69 Å². The van der Waals surface area contributed by atoms with Gasteiger partial charge in [-0.15, -0.1) is 0 Å². The van der Waals surface area contributed by atoms with Crippen molar-refractivity contribution in [1.29, 1.82) is 0 Å². The van der Waals surface area contributed by atoms with Gasteiger partial charge in [-0.3, -0.25) is 5.10 Å². The normalized spacial score (nSPS) is 10.5. The van der Waals surface area contributed by atoms with Gasteiger partial charge < -0.3 is 5.32 Å². The monoisotopic (exact) mass is 277 g/mol. The Morgan fingerprint density at radius 1 is 0.905 bits per heavy atom. The number of nitrogens with zero attached hydrogens (tertiary/aromatic N) is 1. The fourth-order valence-electron chi connectivity index (χ4n) is 2.29. The van der Waals surface area contributed by atoms with Crippen LogP contribution in [0.15, 0.2) is 60.7 Å². The zero-order chi connectivity index (χ0) is 14.5. The molecule has 1 heterocycles. The minimum atomic E-state index is 0.902. The van der Waals surface area contributed by atoms with Gasteiger partial charge >= 0.3 is 0 Å². The first-order valence-electron chi connectivity index (χ1n) is 7.32. The van der Waals surface area contributed by atoms with Crippen LogP contribution in [-0.4, -0.2) is 16.7 Å². The Hall–Kier alpha value is -2.55. The van der Waals surface area contributed by atoms with Gasteiger partial charge in [0.25, 0.3) is 0 Å². The first-order valence-corrected chi connectivity index (χ1v) is 7.32. The van der Waals surface area contributed by atoms with E-state index in [1.165, 1.54) is 11.1 Å². The molecular weight excluding hydrogens is 258 g/mol. The lowest BCUT2D eigenvalue weighted by Gasteiger charge is -2.03. The van der Waals surface area contributed by atoms with Crippen LogP contribution in [0.2, 0.25) is 0 Å². The first kappa shape index (κ1) is 13.4. The molecule has 0 amide bonds. The van der Waals surface area contributed by atoms with Crippen LogP contribution in [-0.2, 0) is 0 Å². The molecule has 3 nitrogen and oxygen atoms in total. The van der Waals surface area contributed by atoms with Crippen molar-refractivity contribution in [3.05, 3.63) is 60.7 Å². The standard InChI is InChI=1S/C18H19N3/c1-2-12-19-18-13-17(20-21-18)16-10-8-15(9-11-16)14-6-4-3-5-7-14/h3-11,13H,2,12H2,1H3,(H2,19,20,21). The maximum Gasteiger partial charge on any atom is 0.148 e. The third-order valence-electron chi connectivity index (χ3n) is 3.44. The summed E-state index contributed by atoms with van der Waals surface area (Å²) in [6.07, 6.45) is 1.09. The zero-order valence-electron chi connectivity index (χ0n) is 12.1. The Kier molecular flexibility index (Phi) is 4.01. The number of benzene rings is 2. The smallest absolute Gasteiger partial charge is 0.148 e. The van der Waals surface area contributed by atoms with Crippen molar-refractivity contribution in [1.82, 2.24) is 10.2 Å². The van der Waals surface area contributed by atoms with Gasteiger partial charge in [0.1, 0.15) is 5.82 Å². The van der Waals surface area contributed by atoms with Gasteiger partial charge in [-0.05, 0) is 23.1 Å². The molecule has 0 spiro atoms. The molecule has 2 aromatic carbocycles. The van der Waals surface area contributed by atoms with Gasteiger partial charge in [-0.2, -0.15) is 5.10 Å². The van der Waals surface area contributed by atoms with Crippen LogP contribution < -0.4 is 5.32 Å². The number of hydrogen-bond donors (Lipinski definition) is 2. The summed E-state index contributed by atoms with van der Waals surface area (Å²) in [7, 11) is 0. The molecule has 0 aliphatic heterocycles. The molecule has 0 fully saturated rings. The Morgan fingerprint density at radius 3 is 2.29 bits per heavy atom. The van der Waals surface area contributed by atoms with Gasteiger partial charge in [0, 0.05) is 12.6 Å². The summed E-state index contributed by atoms with van der Waals surface area (Å²) in [6, 6.07) is 21.0. The molecule has 0 saturated carbocycles. The van der Waals surface area contributed by atoms with E-state index in [9.17, 15) is 0 Å². The molecule has 1 aromatic heterocycles. The van der Waals surface area contributed by atoms with Gasteiger partial charge in [-0.25, -0.2) is 0 Å². The molecule has 3 rings (SSSR count). The highest BCUT2D eigenvalue weighted by Crippen LogP contribution is 2.24. The number of nitrogens with one attached hydrogen (secondary N) is 2. The third kappa shape index (κ3) is 3.14. The maximum absolute atomic E-state index is 4.27. The maximum atomic E-state index is 4.27. The first-order chi connectivity index (χ1) is 10.4. The number of hydrogen-bond acceptors (Lipinski definition) is 2. The number of H-pyrrole nitrogens is 1.